The number of carbonyl (C=O) groups is 1. The first-order chi connectivity index (χ1) is 14.5. The van der Waals surface area contributed by atoms with E-state index >= 15 is 0 Å². The van der Waals surface area contributed by atoms with Crippen LogP contribution in [0.15, 0.2) is 36.8 Å². The second-order valence-electron chi connectivity index (χ2n) is 7.13. The molecular formula is C19H22FN9O. The van der Waals surface area contributed by atoms with E-state index in [-0.39, 0.29) is 29.3 Å². The number of nitrogens with two attached hydrogens (primary N) is 2. The summed E-state index contributed by atoms with van der Waals surface area (Å²) in [4.78, 5) is 21.7. The van der Waals surface area contributed by atoms with Gasteiger partial charge >= 0.3 is 0 Å². The molecule has 156 valence electrons. The van der Waals surface area contributed by atoms with Gasteiger partial charge in [-0.05, 0) is 31.0 Å². The lowest BCUT2D eigenvalue weighted by Crippen LogP contribution is -2.43. The summed E-state index contributed by atoms with van der Waals surface area (Å²) in [6.45, 7) is 0. The molecule has 3 aromatic heterocycles. The zero-order valence-electron chi connectivity index (χ0n) is 16.1. The van der Waals surface area contributed by atoms with Gasteiger partial charge in [0.15, 0.2) is 17.5 Å². The predicted octanol–water partition coefficient (Wildman–Crippen LogP) is 1.72. The minimum absolute atomic E-state index is 0.0233. The highest BCUT2D eigenvalue weighted by atomic mass is 19.1. The van der Waals surface area contributed by atoms with Crippen molar-refractivity contribution in [1.29, 1.82) is 0 Å². The van der Waals surface area contributed by atoms with Gasteiger partial charge in [-0.2, -0.15) is 10.2 Å². The third-order valence-electron chi connectivity index (χ3n) is 5.02. The van der Waals surface area contributed by atoms with Crippen molar-refractivity contribution in [2.45, 2.75) is 37.8 Å². The number of primary amides is 1. The van der Waals surface area contributed by atoms with Crippen LogP contribution in [0.1, 0.15) is 36.0 Å². The van der Waals surface area contributed by atoms with Gasteiger partial charge in [-0.15, -0.1) is 4.80 Å². The van der Waals surface area contributed by atoms with E-state index in [9.17, 15) is 9.18 Å². The Kier molecular flexibility index (Phi) is 5.53. The summed E-state index contributed by atoms with van der Waals surface area (Å²) in [6, 6.07) is 4.31. The van der Waals surface area contributed by atoms with E-state index in [0.29, 0.717) is 11.5 Å². The van der Waals surface area contributed by atoms with Gasteiger partial charge in [-0.3, -0.25) is 4.79 Å². The summed E-state index contributed by atoms with van der Waals surface area (Å²) < 4.78 is 14.6. The van der Waals surface area contributed by atoms with Crippen molar-refractivity contribution in [3.05, 3.63) is 48.2 Å². The highest BCUT2D eigenvalue weighted by molar-refractivity contribution is 5.98. The topological polar surface area (TPSA) is 150 Å². The SMILES string of the molecule is NC(=O)c1cc(F)c(N[C@@H]2CCCC[C@@H]2N)nc1Nc1ccc(-n2nccn2)nc1. The van der Waals surface area contributed by atoms with Crippen LogP contribution in [0.2, 0.25) is 0 Å². The molecule has 1 saturated carbocycles. The Balaban J connectivity index is 1.60. The molecule has 1 aliphatic rings. The average molecular weight is 411 g/mol. The largest absolute Gasteiger partial charge is 0.365 e. The molecule has 6 N–H and O–H groups in total. The standard InChI is InChI=1S/C19H22FN9O/c20-13-9-12(17(22)30)18(28-19(13)27-15-4-2-1-3-14(15)21)26-11-5-6-16(23-10-11)29-24-7-8-25-29/h5-10,14-15H,1-4,21H2,(H2,22,30)(H2,26,27,28)/t14-,15+/m0/s1. The molecule has 0 aromatic carbocycles. The molecule has 3 aromatic rings. The van der Waals surface area contributed by atoms with E-state index in [4.69, 9.17) is 11.5 Å². The third-order valence-corrected chi connectivity index (χ3v) is 5.02. The molecule has 1 fully saturated rings. The summed E-state index contributed by atoms with van der Waals surface area (Å²) in [5.74, 6) is -0.792. The second kappa shape index (κ2) is 8.41. The number of hydrogen-bond donors (Lipinski definition) is 4. The molecule has 0 unspecified atom stereocenters. The molecule has 10 nitrogen and oxygen atoms in total. The molecule has 0 radical (unpaired) electrons. The molecule has 11 heteroatoms. The number of hydrogen-bond acceptors (Lipinski definition) is 8. The number of aromatic nitrogens is 5. The number of halogens is 1. The molecule has 2 atom stereocenters. The highest BCUT2D eigenvalue weighted by Crippen LogP contribution is 2.26. The van der Waals surface area contributed by atoms with Crippen LogP contribution in [0, 0.1) is 5.82 Å². The first kappa shape index (κ1) is 19.7. The van der Waals surface area contributed by atoms with Gasteiger partial charge < -0.3 is 22.1 Å². The van der Waals surface area contributed by atoms with Crippen molar-refractivity contribution in [3.63, 3.8) is 0 Å². The monoisotopic (exact) mass is 411 g/mol. The van der Waals surface area contributed by atoms with Gasteiger partial charge in [-0.1, -0.05) is 12.8 Å². The Morgan fingerprint density at radius 1 is 1.17 bits per heavy atom. The highest BCUT2D eigenvalue weighted by Gasteiger charge is 2.24. The number of rotatable bonds is 6. The van der Waals surface area contributed by atoms with Crippen LogP contribution in [-0.4, -0.2) is 43.0 Å². The lowest BCUT2D eigenvalue weighted by molar-refractivity contribution is 0.100. The fourth-order valence-electron chi connectivity index (χ4n) is 3.44. The number of pyridine rings is 2. The Hall–Kier alpha value is -3.60. The molecule has 1 amide bonds. The van der Waals surface area contributed by atoms with Gasteiger partial charge in [0.25, 0.3) is 5.91 Å². The van der Waals surface area contributed by atoms with Crippen molar-refractivity contribution in [1.82, 2.24) is 25.0 Å². The molecular weight excluding hydrogens is 389 g/mol. The van der Waals surface area contributed by atoms with E-state index in [0.717, 1.165) is 31.7 Å². The Labute approximate surface area is 171 Å². The normalized spacial score (nSPS) is 18.7. The van der Waals surface area contributed by atoms with E-state index in [2.05, 4.69) is 30.8 Å². The molecule has 4 rings (SSSR count). The third kappa shape index (κ3) is 4.20. The smallest absolute Gasteiger partial charge is 0.252 e. The van der Waals surface area contributed by atoms with E-state index in [1.54, 1.807) is 24.5 Å². The maximum atomic E-state index is 14.6. The van der Waals surface area contributed by atoms with E-state index in [1.807, 2.05) is 0 Å². The summed E-state index contributed by atoms with van der Waals surface area (Å²) in [5.41, 5.74) is 12.0. The maximum Gasteiger partial charge on any atom is 0.252 e. The number of nitrogens with one attached hydrogen (secondary N) is 2. The van der Waals surface area contributed by atoms with E-state index in [1.165, 1.54) is 11.0 Å². The van der Waals surface area contributed by atoms with Crippen LogP contribution >= 0.6 is 0 Å². The van der Waals surface area contributed by atoms with Crippen LogP contribution in [0.3, 0.4) is 0 Å². The average Bonchev–Trinajstić information content (AvgIpc) is 3.27. The zero-order chi connectivity index (χ0) is 21.1. The number of anilines is 3. The van der Waals surface area contributed by atoms with Crippen LogP contribution in [0.4, 0.5) is 21.7 Å². The first-order valence-corrected chi connectivity index (χ1v) is 9.63. The summed E-state index contributed by atoms with van der Waals surface area (Å²) >= 11 is 0. The number of carbonyl (C=O) groups excluding carboxylic acids is 1. The van der Waals surface area contributed by atoms with Crippen molar-refractivity contribution >= 4 is 23.2 Å². The minimum Gasteiger partial charge on any atom is -0.365 e. The maximum absolute atomic E-state index is 14.6. The second-order valence-corrected chi connectivity index (χ2v) is 7.13. The van der Waals surface area contributed by atoms with Crippen molar-refractivity contribution in [2.24, 2.45) is 11.5 Å². The molecule has 0 spiro atoms. The fraction of sp³-hybridized carbons (Fsp3) is 0.316. The Morgan fingerprint density at radius 2 is 1.93 bits per heavy atom. The van der Waals surface area contributed by atoms with Crippen molar-refractivity contribution < 1.29 is 9.18 Å². The molecule has 3 heterocycles. The summed E-state index contributed by atoms with van der Waals surface area (Å²) in [6.07, 6.45) is 8.38. The van der Waals surface area contributed by atoms with Crippen molar-refractivity contribution in [3.8, 4) is 5.82 Å². The molecule has 0 aliphatic heterocycles. The molecule has 30 heavy (non-hydrogen) atoms. The first-order valence-electron chi connectivity index (χ1n) is 9.63. The number of amides is 1. The quantitative estimate of drug-likeness (QED) is 0.479. The summed E-state index contributed by atoms with van der Waals surface area (Å²) in [5, 5.41) is 14.1. The van der Waals surface area contributed by atoms with Gasteiger partial charge in [0.1, 0.15) is 5.82 Å². The lowest BCUT2D eigenvalue weighted by atomic mass is 9.91. The minimum atomic E-state index is -0.796. The van der Waals surface area contributed by atoms with Crippen LogP contribution in [0.5, 0.6) is 0 Å². The molecule has 1 aliphatic carbocycles. The molecule has 0 bridgehead atoms. The van der Waals surface area contributed by atoms with Crippen LogP contribution in [0.25, 0.3) is 5.82 Å². The zero-order valence-corrected chi connectivity index (χ0v) is 16.1. The Morgan fingerprint density at radius 3 is 2.60 bits per heavy atom. The van der Waals surface area contributed by atoms with Gasteiger partial charge in [-0.25, -0.2) is 14.4 Å². The number of nitrogens with zero attached hydrogens (tertiary/aromatic N) is 5. The van der Waals surface area contributed by atoms with Crippen LogP contribution in [-0.2, 0) is 0 Å². The van der Waals surface area contributed by atoms with Crippen LogP contribution < -0.4 is 22.1 Å². The lowest BCUT2D eigenvalue weighted by Gasteiger charge is -2.30. The predicted molar refractivity (Wildman–Crippen MR) is 109 cm³/mol. The summed E-state index contributed by atoms with van der Waals surface area (Å²) in [7, 11) is 0. The Bertz CT molecular complexity index is 1020. The van der Waals surface area contributed by atoms with Crippen molar-refractivity contribution in [2.75, 3.05) is 10.6 Å². The fourth-order valence-corrected chi connectivity index (χ4v) is 3.44. The van der Waals surface area contributed by atoms with Gasteiger partial charge in [0.2, 0.25) is 0 Å². The van der Waals surface area contributed by atoms with Gasteiger partial charge in [0, 0.05) is 12.1 Å². The van der Waals surface area contributed by atoms with Gasteiger partial charge in [0.05, 0.1) is 29.8 Å². The van der Waals surface area contributed by atoms with E-state index < -0.39 is 11.7 Å². The molecule has 0 saturated heterocycles.